The van der Waals surface area contributed by atoms with E-state index >= 15 is 0 Å². The molecule has 0 rings (SSSR count). The van der Waals surface area contributed by atoms with Gasteiger partial charge < -0.3 is 14.1 Å². The minimum absolute atomic E-state index is 0. The second-order valence-electron chi connectivity index (χ2n) is 0.250. The molecule has 0 aromatic rings. The minimum Gasteiger partial charge on any atom is -0.672 e. The maximum atomic E-state index is 8.52. The van der Waals surface area contributed by atoms with E-state index in [0.717, 1.165) is 0 Å². The average molecular weight is 302 g/mol. The van der Waals surface area contributed by atoms with Gasteiger partial charge in [-0.15, -0.1) is 0 Å². The second kappa shape index (κ2) is 10.3. The molecule has 0 aliphatic rings. The zero-order valence-electron chi connectivity index (χ0n) is 3.01. The van der Waals surface area contributed by atoms with Crippen molar-refractivity contribution in [1.29, 1.82) is 0 Å². The Morgan fingerprint density at radius 1 is 1.33 bits per heavy atom. The molecule has 0 amide bonds. The number of hydrogen-bond acceptors (Lipinski definition) is 3. The van der Waals surface area contributed by atoms with E-state index in [-0.39, 0.29) is 81.6 Å². The van der Waals surface area contributed by atoms with Crippen molar-refractivity contribution in [2.24, 2.45) is 0 Å². The predicted molar refractivity (Wildman–Crippen MR) is 12.2 cm³/mol. The molecular formula is BaO3SiY+3. The van der Waals surface area contributed by atoms with Gasteiger partial charge in [0.2, 0.25) is 0 Å². The number of rotatable bonds is 0. The first kappa shape index (κ1) is 15.7. The topological polar surface area (TPSA) is 63.2 Å². The van der Waals surface area contributed by atoms with E-state index in [1.165, 1.54) is 0 Å². The monoisotopic (exact) mass is 303 g/mol. The van der Waals surface area contributed by atoms with Gasteiger partial charge in [-0.25, -0.2) is 0 Å². The molecule has 0 bridgehead atoms. The summed E-state index contributed by atoms with van der Waals surface area (Å²) in [6.45, 7) is 0. The Morgan fingerprint density at radius 2 is 1.33 bits per heavy atom. The van der Waals surface area contributed by atoms with Gasteiger partial charge in [-0.3, -0.25) is 0 Å². The van der Waals surface area contributed by atoms with Gasteiger partial charge in [0.1, 0.15) is 0 Å². The van der Waals surface area contributed by atoms with Crippen LogP contribution in [0, 0.1) is 0 Å². The smallest absolute Gasteiger partial charge is 0.672 e. The predicted octanol–water partition coefficient (Wildman–Crippen LogP) is -3.26. The molecule has 0 heterocycles. The third kappa shape index (κ3) is 33.5. The van der Waals surface area contributed by atoms with Crippen molar-refractivity contribution in [3.63, 3.8) is 0 Å². The molecule has 0 N–H and O–H groups in total. The van der Waals surface area contributed by atoms with Crippen molar-refractivity contribution in [3.8, 4) is 0 Å². The van der Waals surface area contributed by atoms with Crippen LogP contribution >= 0.6 is 0 Å². The largest absolute Gasteiger partial charge is 3.00 e. The molecule has 6 heavy (non-hydrogen) atoms. The summed E-state index contributed by atoms with van der Waals surface area (Å²) in [4.78, 5) is 17.0. The van der Waals surface area contributed by atoms with Crippen LogP contribution < -0.4 is 9.59 Å². The second-order valence-corrected chi connectivity index (χ2v) is 0.750. The van der Waals surface area contributed by atoms with Crippen LogP contribution in [0.2, 0.25) is 0 Å². The van der Waals surface area contributed by atoms with Crippen LogP contribution in [-0.2, 0) is 37.2 Å². The molecule has 0 aromatic heterocycles. The van der Waals surface area contributed by atoms with Crippen LogP contribution in [0.15, 0.2) is 0 Å². The molecule has 0 unspecified atom stereocenters. The zero-order valence-corrected chi connectivity index (χ0v) is 11.3. The van der Waals surface area contributed by atoms with Crippen molar-refractivity contribution >= 4 is 58.1 Å². The summed E-state index contributed by atoms with van der Waals surface area (Å²) in [6.07, 6.45) is 0. The van der Waals surface area contributed by atoms with E-state index in [9.17, 15) is 0 Å². The van der Waals surface area contributed by atoms with Gasteiger partial charge in [0.15, 0.2) is 0 Å². The molecule has 0 radical (unpaired) electrons. The van der Waals surface area contributed by atoms with Gasteiger partial charge in [-0.05, 0) is 0 Å². The van der Waals surface area contributed by atoms with Gasteiger partial charge in [0, 0.05) is 9.17 Å². The first-order valence-electron chi connectivity index (χ1n) is 0.612. The third-order valence-corrected chi connectivity index (χ3v) is 0. The molecule has 3 nitrogen and oxygen atoms in total. The van der Waals surface area contributed by atoms with Crippen LogP contribution in [-0.4, -0.2) is 58.1 Å². The quantitative estimate of drug-likeness (QED) is 0.441. The molecule has 0 spiro atoms. The van der Waals surface area contributed by atoms with Crippen molar-refractivity contribution in [2.75, 3.05) is 0 Å². The van der Waals surface area contributed by atoms with E-state index in [1.807, 2.05) is 0 Å². The molecule has 24 valence electrons. The van der Waals surface area contributed by atoms with E-state index in [4.69, 9.17) is 14.1 Å². The summed E-state index contributed by atoms with van der Waals surface area (Å²) in [5.74, 6) is 0. The molecule has 0 aliphatic heterocycles. The Balaban J connectivity index is -0.0000000450. The van der Waals surface area contributed by atoms with E-state index in [2.05, 4.69) is 0 Å². The van der Waals surface area contributed by atoms with Crippen molar-refractivity contribution in [3.05, 3.63) is 0 Å². The summed E-state index contributed by atoms with van der Waals surface area (Å²) in [7, 11) is -3.63. The third-order valence-electron chi connectivity index (χ3n) is 0. The molecule has 0 atom stereocenters. The van der Waals surface area contributed by atoms with Crippen LogP contribution in [0.4, 0.5) is 0 Å². The Hall–Kier alpha value is 2.29. The molecule has 6 heteroatoms. The molecule has 0 saturated heterocycles. The first-order valence-corrected chi connectivity index (χ1v) is 1.84. The van der Waals surface area contributed by atoms with E-state index in [0.29, 0.717) is 0 Å². The van der Waals surface area contributed by atoms with Gasteiger partial charge in [0.05, 0.1) is 0 Å². The summed E-state index contributed by atoms with van der Waals surface area (Å²) < 4.78 is 8.52. The number of hydrogen-bond donors (Lipinski definition) is 0. The van der Waals surface area contributed by atoms with E-state index in [1.54, 1.807) is 0 Å². The Labute approximate surface area is 102 Å². The SMILES string of the molecule is O=[Si]([O-])[O-].[Ba+2].[Y+3]. The van der Waals surface area contributed by atoms with Crippen LogP contribution in [0.5, 0.6) is 0 Å². The maximum absolute atomic E-state index is 8.52. The van der Waals surface area contributed by atoms with Gasteiger partial charge >= 0.3 is 81.6 Å². The average Bonchev–Trinajstić information content (AvgIpc) is 0.811. The van der Waals surface area contributed by atoms with Gasteiger partial charge in [-0.1, -0.05) is 0 Å². The summed E-state index contributed by atoms with van der Waals surface area (Å²) in [5, 5.41) is 0. The van der Waals surface area contributed by atoms with Gasteiger partial charge in [0.25, 0.3) is 0 Å². The minimum atomic E-state index is -3.63. The fraction of sp³-hybridized carbons (Fsp3) is 0. The summed E-state index contributed by atoms with van der Waals surface area (Å²) in [6, 6.07) is 0. The fourth-order valence-corrected chi connectivity index (χ4v) is 0. The summed E-state index contributed by atoms with van der Waals surface area (Å²) >= 11 is 0. The van der Waals surface area contributed by atoms with Crippen molar-refractivity contribution in [2.45, 2.75) is 0 Å². The van der Waals surface area contributed by atoms with E-state index < -0.39 is 9.17 Å². The Morgan fingerprint density at radius 3 is 1.33 bits per heavy atom. The van der Waals surface area contributed by atoms with Crippen molar-refractivity contribution < 1.29 is 46.8 Å². The molecule has 0 aliphatic carbocycles. The molecule has 0 fully saturated rings. The van der Waals surface area contributed by atoms with Crippen molar-refractivity contribution in [1.82, 2.24) is 0 Å². The van der Waals surface area contributed by atoms with Gasteiger partial charge in [-0.2, -0.15) is 0 Å². The van der Waals surface area contributed by atoms with Crippen LogP contribution in [0.25, 0.3) is 0 Å². The Kier molecular flexibility index (Phi) is 27.0. The normalized spacial score (nSPS) is 4.00. The van der Waals surface area contributed by atoms with Crippen LogP contribution in [0.3, 0.4) is 0 Å². The standard InChI is InChI=1S/Ba.O3Si.Y/c;1-4(2)3;/q+2;-2;+3. The molecule has 0 saturated carbocycles. The Bertz CT molecular complexity index is 33.8. The maximum Gasteiger partial charge on any atom is 3.00 e. The molecular weight excluding hydrogens is 302 g/mol. The molecule has 0 aromatic carbocycles. The fourth-order valence-electron chi connectivity index (χ4n) is 0. The zero-order chi connectivity index (χ0) is 3.58. The van der Waals surface area contributed by atoms with Crippen LogP contribution in [0.1, 0.15) is 0 Å². The summed E-state index contributed by atoms with van der Waals surface area (Å²) in [5.41, 5.74) is 0. The first-order chi connectivity index (χ1) is 1.73.